The second-order valence-electron chi connectivity index (χ2n) is 3.47. The van der Waals surface area contributed by atoms with Gasteiger partial charge in [0, 0.05) is 10.3 Å². The Hall–Kier alpha value is -1.26. The molecule has 0 aliphatic heterocycles. The Labute approximate surface area is 98.8 Å². The summed E-state index contributed by atoms with van der Waals surface area (Å²) in [4.78, 5) is 0. The van der Waals surface area contributed by atoms with Crippen molar-refractivity contribution >= 4 is 21.4 Å². The highest BCUT2D eigenvalue weighted by atomic mass is 32.1. The van der Waals surface area contributed by atoms with Gasteiger partial charge in [-0.2, -0.15) is 0 Å². The lowest BCUT2D eigenvalue weighted by atomic mass is 10.1. The van der Waals surface area contributed by atoms with Crippen molar-refractivity contribution in [2.45, 2.75) is 6.42 Å². The first-order chi connectivity index (χ1) is 7.81. The molecule has 1 heterocycles. The first kappa shape index (κ1) is 11.2. The Balaban J connectivity index is 2.71. The van der Waals surface area contributed by atoms with E-state index in [4.69, 9.17) is 15.2 Å². The molecule has 0 saturated carbocycles. The lowest BCUT2D eigenvalue weighted by Crippen LogP contribution is -2.05. The Morgan fingerprint density at radius 3 is 2.75 bits per heavy atom. The zero-order valence-corrected chi connectivity index (χ0v) is 10.3. The Morgan fingerprint density at radius 1 is 1.31 bits per heavy atom. The lowest BCUT2D eigenvalue weighted by Gasteiger charge is -2.13. The Morgan fingerprint density at radius 2 is 2.12 bits per heavy atom. The molecule has 16 heavy (non-hydrogen) atoms. The molecule has 2 N–H and O–H groups in total. The average Bonchev–Trinajstić information content (AvgIpc) is 2.76. The van der Waals surface area contributed by atoms with Gasteiger partial charge in [0.1, 0.15) is 0 Å². The highest BCUT2D eigenvalue weighted by Gasteiger charge is 2.14. The van der Waals surface area contributed by atoms with E-state index in [1.165, 1.54) is 10.1 Å². The van der Waals surface area contributed by atoms with E-state index in [0.29, 0.717) is 6.54 Å². The number of methoxy groups -OCH3 is 2. The van der Waals surface area contributed by atoms with Crippen LogP contribution in [0.3, 0.4) is 0 Å². The van der Waals surface area contributed by atoms with Gasteiger partial charge in [0.2, 0.25) is 0 Å². The maximum absolute atomic E-state index is 5.64. The van der Waals surface area contributed by atoms with Crippen LogP contribution < -0.4 is 15.2 Å². The van der Waals surface area contributed by atoms with Crippen LogP contribution in [0.15, 0.2) is 17.5 Å². The van der Waals surface area contributed by atoms with Crippen molar-refractivity contribution in [2.75, 3.05) is 20.8 Å². The molecule has 0 aliphatic rings. The van der Waals surface area contributed by atoms with E-state index >= 15 is 0 Å². The summed E-state index contributed by atoms with van der Waals surface area (Å²) in [5.74, 6) is 1.58. The molecular weight excluding hydrogens is 222 g/mol. The van der Waals surface area contributed by atoms with Gasteiger partial charge in [-0.1, -0.05) is 0 Å². The molecular formula is C12H15NO2S. The number of ether oxygens (including phenoxy) is 2. The molecule has 3 nitrogen and oxygen atoms in total. The third-order valence-corrected chi connectivity index (χ3v) is 3.56. The number of hydrogen-bond donors (Lipinski definition) is 1. The topological polar surface area (TPSA) is 44.5 Å². The summed E-state index contributed by atoms with van der Waals surface area (Å²) in [5, 5.41) is 3.26. The molecule has 1 aromatic carbocycles. The highest BCUT2D eigenvalue weighted by molar-refractivity contribution is 7.17. The van der Waals surface area contributed by atoms with Crippen molar-refractivity contribution in [1.29, 1.82) is 0 Å². The molecule has 86 valence electrons. The predicted octanol–water partition coefficient (Wildman–Crippen LogP) is 2.42. The summed E-state index contributed by atoms with van der Waals surface area (Å²) >= 11 is 1.71. The van der Waals surface area contributed by atoms with Gasteiger partial charge in [-0.25, -0.2) is 0 Å². The molecule has 0 aliphatic carbocycles. The largest absolute Gasteiger partial charge is 0.493 e. The maximum Gasteiger partial charge on any atom is 0.165 e. The van der Waals surface area contributed by atoms with Crippen molar-refractivity contribution in [3.8, 4) is 11.5 Å². The van der Waals surface area contributed by atoms with E-state index in [1.54, 1.807) is 25.6 Å². The summed E-state index contributed by atoms with van der Waals surface area (Å²) in [7, 11) is 3.32. The number of hydrogen-bond acceptors (Lipinski definition) is 4. The van der Waals surface area contributed by atoms with Crippen LogP contribution in [-0.4, -0.2) is 20.8 Å². The minimum atomic E-state index is 0.608. The van der Waals surface area contributed by atoms with Crippen LogP contribution in [0, 0.1) is 0 Å². The molecule has 0 saturated heterocycles. The Bertz CT molecular complexity index is 493. The molecule has 2 rings (SSSR count). The zero-order valence-electron chi connectivity index (χ0n) is 9.45. The number of nitrogens with two attached hydrogens (primary N) is 1. The van der Waals surface area contributed by atoms with Crippen LogP contribution in [0.25, 0.3) is 10.1 Å². The third kappa shape index (κ3) is 1.74. The van der Waals surface area contributed by atoms with Crippen LogP contribution in [-0.2, 0) is 6.42 Å². The second kappa shape index (κ2) is 4.72. The van der Waals surface area contributed by atoms with E-state index in [-0.39, 0.29) is 0 Å². The summed E-state index contributed by atoms with van der Waals surface area (Å²) < 4.78 is 12.0. The molecule has 0 bridgehead atoms. The minimum Gasteiger partial charge on any atom is -0.493 e. The van der Waals surface area contributed by atoms with Crippen LogP contribution in [0.5, 0.6) is 11.5 Å². The smallest absolute Gasteiger partial charge is 0.165 e. The molecule has 0 atom stereocenters. The van der Waals surface area contributed by atoms with Crippen molar-refractivity contribution in [3.05, 3.63) is 23.1 Å². The van der Waals surface area contributed by atoms with Crippen molar-refractivity contribution < 1.29 is 9.47 Å². The summed E-state index contributed by atoms with van der Waals surface area (Å²) in [6, 6.07) is 4.09. The molecule has 0 spiro atoms. The van der Waals surface area contributed by atoms with Crippen LogP contribution in [0.1, 0.15) is 5.56 Å². The molecule has 0 amide bonds. The van der Waals surface area contributed by atoms with Gasteiger partial charge in [-0.05, 0) is 35.9 Å². The van der Waals surface area contributed by atoms with Crippen LogP contribution in [0.4, 0.5) is 0 Å². The molecule has 2 aromatic rings. The number of thiophene rings is 1. The predicted molar refractivity (Wildman–Crippen MR) is 67.7 cm³/mol. The molecule has 0 radical (unpaired) electrons. The van der Waals surface area contributed by atoms with Gasteiger partial charge in [-0.3, -0.25) is 0 Å². The fraction of sp³-hybridized carbons (Fsp3) is 0.333. The third-order valence-electron chi connectivity index (χ3n) is 2.57. The van der Waals surface area contributed by atoms with Gasteiger partial charge in [0.25, 0.3) is 0 Å². The number of fused-ring (bicyclic) bond motifs is 1. The van der Waals surface area contributed by atoms with E-state index in [2.05, 4.69) is 11.4 Å². The maximum atomic E-state index is 5.64. The van der Waals surface area contributed by atoms with Crippen molar-refractivity contribution in [3.63, 3.8) is 0 Å². The standard InChI is InChI=1S/C12H15NO2S/c1-14-10-7-8-4-6-16-12(8)9(3-5-13)11(10)15-2/h4,6-7H,3,5,13H2,1-2H3. The van der Waals surface area contributed by atoms with Crippen molar-refractivity contribution in [1.82, 2.24) is 0 Å². The second-order valence-corrected chi connectivity index (χ2v) is 4.38. The average molecular weight is 237 g/mol. The lowest BCUT2D eigenvalue weighted by molar-refractivity contribution is 0.353. The fourth-order valence-electron chi connectivity index (χ4n) is 1.88. The minimum absolute atomic E-state index is 0.608. The van der Waals surface area contributed by atoms with Gasteiger partial charge in [-0.15, -0.1) is 11.3 Å². The quantitative estimate of drug-likeness (QED) is 0.888. The first-order valence-corrected chi connectivity index (χ1v) is 6.01. The number of benzene rings is 1. The molecule has 0 unspecified atom stereocenters. The molecule has 4 heteroatoms. The van der Waals surface area contributed by atoms with E-state index in [1.807, 2.05) is 6.07 Å². The molecule has 1 aromatic heterocycles. The van der Waals surface area contributed by atoms with Gasteiger partial charge in [0.05, 0.1) is 14.2 Å². The van der Waals surface area contributed by atoms with E-state index < -0.39 is 0 Å². The summed E-state index contributed by atoms with van der Waals surface area (Å²) in [6.45, 7) is 0.608. The molecule has 0 fully saturated rings. The fourth-order valence-corrected chi connectivity index (χ4v) is 2.83. The summed E-state index contributed by atoms with van der Waals surface area (Å²) in [6.07, 6.45) is 0.803. The monoisotopic (exact) mass is 237 g/mol. The SMILES string of the molecule is COc1cc2ccsc2c(CCN)c1OC. The first-order valence-electron chi connectivity index (χ1n) is 5.13. The van der Waals surface area contributed by atoms with Crippen molar-refractivity contribution in [2.24, 2.45) is 5.73 Å². The Kier molecular flexibility index (Phi) is 3.31. The summed E-state index contributed by atoms with van der Waals surface area (Å²) in [5.41, 5.74) is 6.79. The van der Waals surface area contributed by atoms with Gasteiger partial charge in [0.15, 0.2) is 11.5 Å². The van der Waals surface area contributed by atoms with Gasteiger partial charge < -0.3 is 15.2 Å². The van der Waals surface area contributed by atoms with Gasteiger partial charge >= 0.3 is 0 Å². The van der Waals surface area contributed by atoms with Crippen LogP contribution in [0.2, 0.25) is 0 Å². The van der Waals surface area contributed by atoms with Crippen LogP contribution >= 0.6 is 11.3 Å². The van der Waals surface area contributed by atoms with E-state index in [9.17, 15) is 0 Å². The van der Waals surface area contributed by atoms with E-state index in [0.717, 1.165) is 23.5 Å². The normalized spacial score (nSPS) is 10.7. The highest BCUT2D eigenvalue weighted by Crippen LogP contribution is 2.39. The number of rotatable bonds is 4. The zero-order chi connectivity index (χ0) is 11.5.